The van der Waals surface area contributed by atoms with Crippen molar-refractivity contribution in [1.82, 2.24) is 14.7 Å². The third-order valence-electron chi connectivity index (χ3n) is 3.87. The Hall–Kier alpha value is -3.15. The Balaban J connectivity index is 1.99. The van der Waals surface area contributed by atoms with E-state index >= 15 is 0 Å². The summed E-state index contributed by atoms with van der Waals surface area (Å²) in [4.78, 5) is 24.4. The normalized spacial score (nSPS) is 10.8. The molecule has 1 amide bonds. The number of carboxylic acid groups (broad SMARTS) is 1. The van der Waals surface area contributed by atoms with E-state index in [4.69, 9.17) is 5.11 Å². The van der Waals surface area contributed by atoms with Crippen molar-refractivity contribution >= 4 is 22.6 Å². The molecule has 6 heteroatoms. The molecule has 2 aromatic carbocycles. The van der Waals surface area contributed by atoms with Crippen LogP contribution in [0.3, 0.4) is 0 Å². The van der Waals surface area contributed by atoms with Crippen LogP contribution in [0.25, 0.3) is 21.9 Å². The van der Waals surface area contributed by atoms with Crippen LogP contribution >= 0.6 is 0 Å². The van der Waals surface area contributed by atoms with Crippen LogP contribution in [0, 0.1) is 0 Å². The minimum atomic E-state index is -0.947. The van der Waals surface area contributed by atoms with Crippen molar-refractivity contribution in [2.45, 2.75) is 6.54 Å². The summed E-state index contributed by atoms with van der Waals surface area (Å²) in [5.74, 6) is -0.981. The lowest BCUT2D eigenvalue weighted by molar-refractivity contribution is -0.129. The summed E-state index contributed by atoms with van der Waals surface area (Å²) in [7, 11) is 3.41. The molecule has 0 radical (unpaired) electrons. The maximum Gasteiger partial charge on any atom is 0.335 e. The van der Waals surface area contributed by atoms with Crippen LogP contribution in [-0.4, -0.2) is 45.8 Å². The minimum Gasteiger partial charge on any atom is -0.478 e. The number of amides is 1. The monoisotopic (exact) mass is 323 g/mol. The van der Waals surface area contributed by atoms with Gasteiger partial charge in [0.1, 0.15) is 6.54 Å². The zero-order valence-corrected chi connectivity index (χ0v) is 13.4. The largest absolute Gasteiger partial charge is 0.478 e. The van der Waals surface area contributed by atoms with E-state index in [1.807, 2.05) is 24.4 Å². The highest BCUT2D eigenvalue weighted by molar-refractivity contribution is 6.00. The Morgan fingerprint density at radius 1 is 1.21 bits per heavy atom. The number of aromatic carboxylic acids is 1. The predicted octanol–water partition coefficient (Wildman–Crippen LogP) is 2.49. The fourth-order valence-electron chi connectivity index (χ4n) is 2.54. The van der Waals surface area contributed by atoms with Gasteiger partial charge in [-0.05, 0) is 28.5 Å². The number of benzene rings is 2. The first kappa shape index (κ1) is 15.7. The van der Waals surface area contributed by atoms with E-state index in [-0.39, 0.29) is 18.0 Å². The van der Waals surface area contributed by atoms with Gasteiger partial charge in [0, 0.05) is 25.9 Å². The van der Waals surface area contributed by atoms with E-state index in [2.05, 4.69) is 5.10 Å². The summed E-state index contributed by atoms with van der Waals surface area (Å²) < 4.78 is 1.60. The molecule has 3 aromatic rings. The number of hydrogen-bond donors (Lipinski definition) is 1. The summed E-state index contributed by atoms with van der Waals surface area (Å²) in [6.45, 7) is 0.181. The molecule has 1 aromatic heterocycles. The molecule has 1 N–H and O–H groups in total. The van der Waals surface area contributed by atoms with E-state index in [9.17, 15) is 9.59 Å². The fraction of sp³-hybridized carbons (Fsp3) is 0.167. The number of rotatable bonds is 4. The minimum absolute atomic E-state index is 0.0336. The third-order valence-corrected chi connectivity index (χ3v) is 3.87. The molecule has 0 aliphatic carbocycles. The summed E-state index contributed by atoms with van der Waals surface area (Å²) in [5.41, 5.74) is 2.09. The van der Waals surface area contributed by atoms with Crippen LogP contribution in [0.5, 0.6) is 0 Å². The van der Waals surface area contributed by atoms with Crippen molar-refractivity contribution < 1.29 is 14.7 Å². The van der Waals surface area contributed by atoms with Gasteiger partial charge in [0.2, 0.25) is 5.91 Å². The van der Waals surface area contributed by atoms with Gasteiger partial charge in [0.15, 0.2) is 0 Å². The van der Waals surface area contributed by atoms with Crippen molar-refractivity contribution in [2.24, 2.45) is 0 Å². The molecule has 0 fully saturated rings. The lowest BCUT2D eigenvalue weighted by atomic mass is 9.99. The molecule has 0 saturated carbocycles. The molecule has 0 aliphatic heterocycles. The van der Waals surface area contributed by atoms with E-state index in [0.29, 0.717) is 0 Å². The van der Waals surface area contributed by atoms with Gasteiger partial charge in [-0.15, -0.1) is 0 Å². The number of carbonyl (C=O) groups is 2. The third kappa shape index (κ3) is 2.99. The van der Waals surface area contributed by atoms with Crippen LogP contribution in [0.4, 0.5) is 0 Å². The average Bonchev–Trinajstić information content (AvgIpc) is 3.01. The quantitative estimate of drug-likeness (QED) is 0.800. The first-order chi connectivity index (χ1) is 11.5. The van der Waals surface area contributed by atoms with Gasteiger partial charge in [-0.1, -0.05) is 24.3 Å². The molecule has 0 bridgehead atoms. The maximum atomic E-state index is 11.8. The Labute approximate surface area is 138 Å². The van der Waals surface area contributed by atoms with E-state index in [0.717, 1.165) is 21.9 Å². The zero-order chi connectivity index (χ0) is 17.3. The SMILES string of the molecule is CN(C)C(=O)Cn1cc(-c2cccc3cc(C(=O)O)ccc23)cn1. The fourth-order valence-corrected chi connectivity index (χ4v) is 2.54. The second kappa shape index (κ2) is 6.16. The molecule has 0 spiro atoms. The predicted molar refractivity (Wildman–Crippen MR) is 90.8 cm³/mol. The Bertz CT molecular complexity index is 928. The van der Waals surface area contributed by atoms with Crippen molar-refractivity contribution in [3.63, 3.8) is 0 Å². The lowest BCUT2D eigenvalue weighted by Gasteiger charge is -2.09. The Kier molecular flexibility index (Phi) is 4.04. The first-order valence-electron chi connectivity index (χ1n) is 7.45. The summed E-state index contributed by atoms with van der Waals surface area (Å²) in [6.07, 6.45) is 3.53. The molecular weight excluding hydrogens is 306 g/mol. The molecule has 3 rings (SSSR count). The molecule has 0 unspecified atom stereocenters. The van der Waals surface area contributed by atoms with E-state index in [1.165, 1.54) is 4.90 Å². The highest BCUT2D eigenvalue weighted by atomic mass is 16.4. The van der Waals surface area contributed by atoms with Gasteiger partial charge in [-0.3, -0.25) is 9.48 Å². The second-order valence-electron chi connectivity index (χ2n) is 5.76. The highest BCUT2D eigenvalue weighted by Crippen LogP contribution is 2.29. The molecule has 24 heavy (non-hydrogen) atoms. The lowest BCUT2D eigenvalue weighted by Crippen LogP contribution is -2.26. The molecule has 0 atom stereocenters. The number of carboxylic acids is 1. The van der Waals surface area contributed by atoms with Crippen molar-refractivity contribution in [2.75, 3.05) is 14.1 Å². The van der Waals surface area contributed by atoms with Crippen molar-refractivity contribution in [1.29, 1.82) is 0 Å². The molecule has 0 saturated heterocycles. The van der Waals surface area contributed by atoms with E-state index < -0.39 is 5.97 Å². The van der Waals surface area contributed by atoms with Gasteiger partial charge in [-0.25, -0.2) is 4.79 Å². The van der Waals surface area contributed by atoms with Crippen LogP contribution in [0.15, 0.2) is 48.8 Å². The number of hydrogen-bond acceptors (Lipinski definition) is 3. The summed E-state index contributed by atoms with van der Waals surface area (Å²) in [6, 6.07) is 10.8. The molecular formula is C18H17N3O3. The van der Waals surface area contributed by atoms with Gasteiger partial charge in [0.05, 0.1) is 11.8 Å². The van der Waals surface area contributed by atoms with Crippen LogP contribution in [-0.2, 0) is 11.3 Å². The number of nitrogens with zero attached hydrogens (tertiary/aromatic N) is 3. The molecule has 1 heterocycles. The van der Waals surface area contributed by atoms with E-state index in [1.54, 1.807) is 43.2 Å². The Morgan fingerprint density at radius 2 is 2.00 bits per heavy atom. The second-order valence-corrected chi connectivity index (χ2v) is 5.76. The van der Waals surface area contributed by atoms with Crippen LogP contribution < -0.4 is 0 Å². The van der Waals surface area contributed by atoms with Gasteiger partial charge < -0.3 is 10.0 Å². The maximum absolute atomic E-state index is 11.8. The van der Waals surface area contributed by atoms with Gasteiger partial charge in [0.25, 0.3) is 0 Å². The van der Waals surface area contributed by atoms with Gasteiger partial charge >= 0.3 is 5.97 Å². The first-order valence-corrected chi connectivity index (χ1v) is 7.45. The standard InChI is InChI=1S/C18H17N3O3/c1-20(2)17(22)11-21-10-14(9-19-21)15-5-3-4-12-8-13(18(23)24)6-7-16(12)15/h3-10H,11H2,1-2H3,(H,23,24). The van der Waals surface area contributed by atoms with Crippen LogP contribution in [0.1, 0.15) is 10.4 Å². The number of aromatic nitrogens is 2. The summed E-state index contributed by atoms with van der Waals surface area (Å²) >= 11 is 0. The Morgan fingerprint density at radius 3 is 2.71 bits per heavy atom. The highest BCUT2D eigenvalue weighted by Gasteiger charge is 2.11. The molecule has 0 aliphatic rings. The topological polar surface area (TPSA) is 75.4 Å². The number of likely N-dealkylation sites (N-methyl/N-ethyl adjacent to an activating group) is 1. The van der Waals surface area contributed by atoms with Crippen molar-refractivity contribution in [3.8, 4) is 11.1 Å². The van der Waals surface area contributed by atoms with Crippen LogP contribution in [0.2, 0.25) is 0 Å². The molecule has 122 valence electrons. The number of fused-ring (bicyclic) bond motifs is 1. The zero-order valence-electron chi connectivity index (χ0n) is 13.4. The number of carbonyl (C=O) groups excluding carboxylic acids is 1. The smallest absolute Gasteiger partial charge is 0.335 e. The summed E-state index contributed by atoms with van der Waals surface area (Å²) in [5, 5.41) is 15.2. The molecule has 6 nitrogen and oxygen atoms in total. The average molecular weight is 323 g/mol. The van der Waals surface area contributed by atoms with Gasteiger partial charge in [-0.2, -0.15) is 5.10 Å². The van der Waals surface area contributed by atoms with Crippen molar-refractivity contribution in [3.05, 3.63) is 54.4 Å².